The van der Waals surface area contributed by atoms with Crippen LogP contribution in [0.15, 0.2) is 24.3 Å². The largest absolute Gasteiger partial charge is 0.394 e. The Morgan fingerprint density at radius 3 is 2.75 bits per heavy atom. The predicted molar refractivity (Wildman–Crippen MR) is 72.6 cm³/mol. The van der Waals surface area contributed by atoms with E-state index in [4.69, 9.17) is 0 Å². The van der Waals surface area contributed by atoms with Crippen molar-refractivity contribution in [3.63, 3.8) is 0 Å². The van der Waals surface area contributed by atoms with E-state index in [0.717, 1.165) is 11.3 Å². The van der Waals surface area contributed by atoms with Crippen molar-refractivity contribution < 1.29 is 18.3 Å². The summed E-state index contributed by atoms with van der Waals surface area (Å²) in [6, 6.07) is 7.49. The summed E-state index contributed by atoms with van der Waals surface area (Å²) >= 11 is 0. The lowest BCUT2D eigenvalue weighted by atomic mass is 9.75. The van der Waals surface area contributed by atoms with E-state index in [2.05, 4.69) is 5.32 Å². The lowest BCUT2D eigenvalue weighted by molar-refractivity contribution is -0.187. The number of benzene rings is 1. The minimum absolute atomic E-state index is 0.0685. The van der Waals surface area contributed by atoms with Gasteiger partial charge in [-0.2, -0.15) is 13.2 Å². The Morgan fingerprint density at radius 1 is 1.40 bits per heavy atom. The molecule has 1 aliphatic rings. The van der Waals surface area contributed by atoms with E-state index in [9.17, 15) is 18.3 Å². The molecule has 1 aromatic carbocycles. The van der Waals surface area contributed by atoms with E-state index in [0.29, 0.717) is 12.8 Å². The molecule has 0 aliphatic heterocycles. The van der Waals surface area contributed by atoms with E-state index >= 15 is 0 Å². The number of hydrogen-bond donors (Lipinski definition) is 2. The standard InChI is InChI=1S/C15H20F3NO/c1-11-4-2-6-13(8-11)19-14(10-20)7-3-5-12(9-14)15(16,17)18/h2,4,6,8,12,19-20H,3,5,7,9-10H2,1H3. The van der Waals surface area contributed by atoms with Gasteiger partial charge in [0.05, 0.1) is 18.1 Å². The molecule has 1 aromatic rings. The van der Waals surface area contributed by atoms with Crippen LogP contribution in [0.5, 0.6) is 0 Å². The van der Waals surface area contributed by atoms with Crippen molar-refractivity contribution in [2.75, 3.05) is 11.9 Å². The Kier molecular flexibility index (Phi) is 4.28. The van der Waals surface area contributed by atoms with Crippen LogP contribution in [0.3, 0.4) is 0 Å². The second-order valence-electron chi connectivity index (χ2n) is 5.77. The van der Waals surface area contributed by atoms with Crippen LogP contribution in [0.1, 0.15) is 31.2 Å². The number of halogens is 3. The molecular formula is C15H20F3NO. The number of aliphatic hydroxyl groups is 1. The maximum Gasteiger partial charge on any atom is 0.391 e. The first-order chi connectivity index (χ1) is 9.35. The average molecular weight is 287 g/mol. The second-order valence-corrected chi connectivity index (χ2v) is 5.77. The van der Waals surface area contributed by atoms with E-state index in [1.165, 1.54) is 0 Å². The van der Waals surface area contributed by atoms with Crippen LogP contribution in [0.4, 0.5) is 18.9 Å². The highest BCUT2D eigenvalue weighted by molar-refractivity contribution is 5.48. The van der Waals surface area contributed by atoms with E-state index in [-0.39, 0.29) is 19.4 Å². The van der Waals surface area contributed by atoms with Crippen LogP contribution in [0.2, 0.25) is 0 Å². The number of alkyl halides is 3. The normalized spacial score (nSPS) is 27.4. The van der Waals surface area contributed by atoms with Gasteiger partial charge in [-0.3, -0.25) is 0 Å². The van der Waals surface area contributed by atoms with E-state index in [1.807, 2.05) is 31.2 Å². The molecule has 2 N–H and O–H groups in total. The Balaban J connectivity index is 2.16. The van der Waals surface area contributed by atoms with Crippen LogP contribution < -0.4 is 5.32 Å². The molecule has 0 bridgehead atoms. The van der Waals surface area contributed by atoms with Gasteiger partial charge in [-0.25, -0.2) is 0 Å². The van der Waals surface area contributed by atoms with Crippen molar-refractivity contribution >= 4 is 5.69 Å². The van der Waals surface area contributed by atoms with Crippen LogP contribution in [-0.4, -0.2) is 23.4 Å². The van der Waals surface area contributed by atoms with Crippen molar-refractivity contribution in [3.8, 4) is 0 Å². The zero-order valence-corrected chi connectivity index (χ0v) is 11.5. The molecule has 1 saturated carbocycles. The molecule has 1 fully saturated rings. The summed E-state index contributed by atoms with van der Waals surface area (Å²) in [5.74, 6) is -1.33. The molecule has 2 unspecified atom stereocenters. The van der Waals surface area contributed by atoms with E-state index in [1.54, 1.807) is 0 Å². The molecule has 20 heavy (non-hydrogen) atoms. The smallest absolute Gasteiger partial charge is 0.391 e. The fourth-order valence-corrected chi connectivity index (χ4v) is 2.97. The van der Waals surface area contributed by atoms with Gasteiger partial charge in [-0.1, -0.05) is 18.6 Å². The highest BCUT2D eigenvalue weighted by Gasteiger charge is 2.47. The lowest BCUT2D eigenvalue weighted by Gasteiger charge is -2.41. The maximum atomic E-state index is 12.9. The van der Waals surface area contributed by atoms with Crippen molar-refractivity contribution in [1.82, 2.24) is 0 Å². The third-order valence-corrected chi connectivity index (χ3v) is 4.04. The van der Waals surface area contributed by atoms with Gasteiger partial charge in [0, 0.05) is 5.69 Å². The molecule has 0 radical (unpaired) electrons. The monoisotopic (exact) mass is 287 g/mol. The summed E-state index contributed by atoms with van der Waals surface area (Å²) in [7, 11) is 0. The Hall–Kier alpha value is -1.23. The molecule has 1 aliphatic carbocycles. The van der Waals surface area contributed by atoms with Crippen molar-refractivity contribution in [2.45, 2.75) is 44.3 Å². The highest BCUT2D eigenvalue weighted by atomic mass is 19.4. The van der Waals surface area contributed by atoms with Gasteiger partial charge in [0.1, 0.15) is 0 Å². The summed E-state index contributed by atoms with van der Waals surface area (Å²) in [6.45, 7) is 1.64. The second kappa shape index (κ2) is 5.64. The molecule has 112 valence electrons. The number of anilines is 1. The van der Waals surface area contributed by atoms with Crippen molar-refractivity contribution in [1.29, 1.82) is 0 Å². The molecule has 0 spiro atoms. The van der Waals surface area contributed by atoms with Gasteiger partial charge in [0.15, 0.2) is 0 Å². The third-order valence-electron chi connectivity index (χ3n) is 4.04. The fourth-order valence-electron chi connectivity index (χ4n) is 2.97. The van der Waals surface area contributed by atoms with Crippen LogP contribution >= 0.6 is 0 Å². The molecule has 0 saturated heterocycles. The van der Waals surface area contributed by atoms with Crippen LogP contribution in [0, 0.1) is 12.8 Å². The first-order valence-corrected chi connectivity index (χ1v) is 6.87. The van der Waals surface area contributed by atoms with Crippen molar-refractivity contribution in [3.05, 3.63) is 29.8 Å². The number of hydrogen-bond acceptors (Lipinski definition) is 2. The minimum atomic E-state index is -4.19. The Labute approximate surface area is 117 Å². The van der Waals surface area contributed by atoms with Gasteiger partial charge in [0.2, 0.25) is 0 Å². The third kappa shape index (κ3) is 3.45. The number of aliphatic hydroxyl groups excluding tert-OH is 1. The lowest BCUT2D eigenvalue weighted by Crippen LogP contribution is -2.48. The Bertz CT molecular complexity index is 461. The van der Waals surface area contributed by atoms with E-state index < -0.39 is 17.6 Å². The predicted octanol–water partition coefficient (Wildman–Crippen LogP) is 3.89. The number of aryl methyl sites for hydroxylation is 1. The molecular weight excluding hydrogens is 267 g/mol. The zero-order valence-electron chi connectivity index (χ0n) is 11.5. The summed E-state index contributed by atoms with van der Waals surface area (Å²) in [5.41, 5.74) is 0.930. The molecule has 0 amide bonds. The average Bonchev–Trinajstić information content (AvgIpc) is 2.38. The molecule has 2 atom stereocenters. The topological polar surface area (TPSA) is 32.3 Å². The number of rotatable bonds is 3. The first-order valence-electron chi connectivity index (χ1n) is 6.87. The molecule has 2 nitrogen and oxygen atoms in total. The maximum absolute atomic E-state index is 12.9. The van der Waals surface area contributed by atoms with Crippen molar-refractivity contribution in [2.24, 2.45) is 5.92 Å². The van der Waals surface area contributed by atoms with Gasteiger partial charge >= 0.3 is 6.18 Å². The summed E-state index contributed by atoms with van der Waals surface area (Å²) in [6.07, 6.45) is -3.07. The summed E-state index contributed by atoms with van der Waals surface area (Å²) in [4.78, 5) is 0. The summed E-state index contributed by atoms with van der Waals surface area (Å²) in [5, 5.41) is 12.8. The van der Waals surface area contributed by atoms with Gasteiger partial charge in [0.25, 0.3) is 0 Å². The van der Waals surface area contributed by atoms with Crippen LogP contribution in [-0.2, 0) is 0 Å². The SMILES string of the molecule is Cc1cccc(NC2(CO)CCCC(C(F)(F)F)C2)c1. The fraction of sp³-hybridized carbons (Fsp3) is 0.600. The molecule has 2 rings (SSSR count). The zero-order chi connectivity index (χ0) is 14.8. The van der Waals surface area contributed by atoms with Gasteiger partial charge in [-0.05, 0) is 43.9 Å². The minimum Gasteiger partial charge on any atom is -0.394 e. The van der Waals surface area contributed by atoms with Gasteiger partial charge < -0.3 is 10.4 Å². The first kappa shape index (κ1) is 15.2. The number of nitrogens with one attached hydrogen (secondary N) is 1. The quantitative estimate of drug-likeness (QED) is 0.884. The Morgan fingerprint density at radius 2 is 2.15 bits per heavy atom. The molecule has 5 heteroatoms. The molecule has 0 aromatic heterocycles. The van der Waals surface area contributed by atoms with Gasteiger partial charge in [-0.15, -0.1) is 0 Å². The molecule has 0 heterocycles. The summed E-state index contributed by atoms with van der Waals surface area (Å²) < 4.78 is 38.7. The highest BCUT2D eigenvalue weighted by Crippen LogP contribution is 2.42. The van der Waals surface area contributed by atoms with Crippen LogP contribution in [0.25, 0.3) is 0 Å².